The van der Waals surface area contributed by atoms with E-state index in [0.717, 1.165) is 13.0 Å². The normalized spacial score (nSPS) is 13.1. The Morgan fingerprint density at radius 3 is 2.63 bits per heavy atom. The van der Waals surface area contributed by atoms with Gasteiger partial charge in [-0.25, -0.2) is 4.39 Å². The second-order valence-corrected chi connectivity index (χ2v) is 5.37. The first-order valence-corrected chi connectivity index (χ1v) is 6.71. The SMILES string of the molecule is COc1cccc(CN(C)CCC(N)C(C)C)c1F. The van der Waals surface area contributed by atoms with Gasteiger partial charge in [-0.05, 0) is 32.0 Å². The molecule has 4 heteroatoms. The third kappa shape index (κ3) is 4.80. The van der Waals surface area contributed by atoms with Gasteiger partial charge in [-0.2, -0.15) is 0 Å². The average Bonchev–Trinajstić information content (AvgIpc) is 2.38. The highest BCUT2D eigenvalue weighted by atomic mass is 19.1. The molecule has 2 N–H and O–H groups in total. The summed E-state index contributed by atoms with van der Waals surface area (Å²) >= 11 is 0. The van der Waals surface area contributed by atoms with E-state index in [0.29, 0.717) is 23.8 Å². The minimum atomic E-state index is -0.273. The Hall–Kier alpha value is -1.13. The molecule has 0 aliphatic carbocycles. The molecule has 0 aromatic heterocycles. The van der Waals surface area contributed by atoms with Crippen LogP contribution in [0.2, 0.25) is 0 Å². The lowest BCUT2D eigenvalue weighted by Crippen LogP contribution is -2.31. The van der Waals surface area contributed by atoms with E-state index in [4.69, 9.17) is 10.5 Å². The maximum absolute atomic E-state index is 14.0. The molecule has 0 aliphatic rings. The maximum atomic E-state index is 14.0. The number of hydrogen-bond donors (Lipinski definition) is 1. The molecule has 19 heavy (non-hydrogen) atoms. The van der Waals surface area contributed by atoms with Crippen molar-refractivity contribution in [2.45, 2.75) is 32.9 Å². The summed E-state index contributed by atoms with van der Waals surface area (Å²) in [6, 6.07) is 5.42. The molecular weight excluding hydrogens is 243 g/mol. The molecule has 1 rings (SSSR count). The van der Waals surface area contributed by atoms with Gasteiger partial charge in [-0.15, -0.1) is 0 Å². The van der Waals surface area contributed by atoms with Crippen LogP contribution in [0.5, 0.6) is 5.75 Å². The number of halogens is 1. The molecule has 108 valence electrons. The Morgan fingerprint density at radius 2 is 2.05 bits per heavy atom. The molecule has 0 fully saturated rings. The van der Waals surface area contributed by atoms with Crippen LogP contribution in [0.25, 0.3) is 0 Å². The average molecular weight is 268 g/mol. The molecule has 0 bridgehead atoms. The van der Waals surface area contributed by atoms with Gasteiger partial charge in [0.05, 0.1) is 7.11 Å². The molecule has 1 atom stereocenters. The molecule has 0 saturated carbocycles. The first-order valence-electron chi connectivity index (χ1n) is 6.71. The van der Waals surface area contributed by atoms with Crippen LogP contribution in [0, 0.1) is 11.7 Å². The summed E-state index contributed by atoms with van der Waals surface area (Å²) in [5.41, 5.74) is 6.67. The summed E-state index contributed by atoms with van der Waals surface area (Å²) in [6.07, 6.45) is 0.916. The number of benzene rings is 1. The Kier molecular flexibility index (Phi) is 6.25. The van der Waals surface area contributed by atoms with Crippen molar-refractivity contribution in [3.05, 3.63) is 29.6 Å². The van der Waals surface area contributed by atoms with Crippen LogP contribution < -0.4 is 10.5 Å². The van der Waals surface area contributed by atoms with Gasteiger partial charge in [-0.3, -0.25) is 0 Å². The van der Waals surface area contributed by atoms with E-state index < -0.39 is 0 Å². The Balaban J connectivity index is 2.55. The highest BCUT2D eigenvalue weighted by Crippen LogP contribution is 2.21. The highest BCUT2D eigenvalue weighted by Gasteiger charge is 2.12. The molecule has 0 spiro atoms. The summed E-state index contributed by atoms with van der Waals surface area (Å²) in [5, 5.41) is 0. The second-order valence-electron chi connectivity index (χ2n) is 5.37. The topological polar surface area (TPSA) is 38.5 Å². The van der Waals surface area contributed by atoms with Gasteiger partial charge in [0.2, 0.25) is 0 Å². The Bertz CT molecular complexity index is 396. The van der Waals surface area contributed by atoms with E-state index in [1.807, 2.05) is 13.1 Å². The van der Waals surface area contributed by atoms with Crippen molar-refractivity contribution in [2.75, 3.05) is 20.7 Å². The van der Waals surface area contributed by atoms with Crippen molar-refractivity contribution in [2.24, 2.45) is 11.7 Å². The summed E-state index contributed by atoms with van der Waals surface area (Å²) in [4.78, 5) is 2.08. The molecule has 1 unspecified atom stereocenters. The fraction of sp³-hybridized carbons (Fsp3) is 0.600. The molecule has 3 nitrogen and oxygen atoms in total. The molecule has 1 aromatic carbocycles. The van der Waals surface area contributed by atoms with Gasteiger partial charge in [-0.1, -0.05) is 26.0 Å². The van der Waals surface area contributed by atoms with Gasteiger partial charge in [0.15, 0.2) is 11.6 Å². The summed E-state index contributed by atoms with van der Waals surface area (Å²) < 4.78 is 19.0. The van der Waals surface area contributed by atoms with Crippen LogP contribution in [-0.2, 0) is 6.54 Å². The predicted molar refractivity (Wildman–Crippen MR) is 76.7 cm³/mol. The van der Waals surface area contributed by atoms with Crippen molar-refractivity contribution < 1.29 is 9.13 Å². The lowest BCUT2D eigenvalue weighted by Gasteiger charge is -2.21. The quantitative estimate of drug-likeness (QED) is 0.826. The van der Waals surface area contributed by atoms with E-state index in [-0.39, 0.29) is 11.9 Å². The van der Waals surface area contributed by atoms with Crippen molar-refractivity contribution in [3.8, 4) is 5.75 Å². The second kappa shape index (κ2) is 7.46. The molecule has 0 aliphatic heterocycles. The van der Waals surface area contributed by atoms with Crippen molar-refractivity contribution in [1.82, 2.24) is 4.90 Å². The summed E-state index contributed by atoms with van der Waals surface area (Å²) in [6.45, 7) is 5.66. The van der Waals surface area contributed by atoms with E-state index >= 15 is 0 Å². The van der Waals surface area contributed by atoms with Crippen molar-refractivity contribution >= 4 is 0 Å². The molecule has 0 heterocycles. The van der Waals surface area contributed by atoms with E-state index in [1.165, 1.54) is 7.11 Å². The number of hydrogen-bond acceptors (Lipinski definition) is 3. The first kappa shape index (κ1) is 15.9. The zero-order valence-electron chi connectivity index (χ0n) is 12.3. The molecule has 0 amide bonds. The fourth-order valence-electron chi connectivity index (χ4n) is 1.91. The largest absolute Gasteiger partial charge is 0.494 e. The van der Waals surface area contributed by atoms with Gasteiger partial charge < -0.3 is 15.4 Å². The first-order chi connectivity index (χ1) is 8.95. The van der Waals surface area contributed by atoms with Gasteiger partial charge >= 0.3 is 0 Å². The smallest absolute Gasteiger partial charge is 0.169 e. The van der Waals surface area contributed by atoms with Gasteiger partial charge in [0, 0.05) is 18.2 Å². The van der Waals surface area contributed by atoms with E-state index in [2.05, 4.69) is 18.7 Å². The summed E-state index contributed by atoms with van der Waals surface area (Å²) in [5.74, 6) is 0.497. The third-order valence-electron chi connectivity index (χ3n) is 3.40. The molecule has 1 aromatic rings. The zero-order valence-corrected chi connectivity index (χ0v) is 12.3. The van der Waals surface area contributed by atoms with E-state index in [9.17, 15) is 4.39 Å². The Labute approximate surface area is 115 Å². The molecule has 0 radical (unpaired) electrons. The van der Waals surface area contributed by atoms with Gasteiger partial charge in [0.1, 0.15) is 0 Å². The van der Waals surface area contributed by atoms with Crippen LogP contribution in [-0.4, -0.2) is 31.6 Å². The molecular formula is C15H25FN2O. The monoisotopic (exact) mass is 268 g/mol. The maximum Gasteiger partial charge on any atom is 0.169 e. The van der Waals surface area contributed by atoms with Crippen LogP contribution in [0.3, 0.4) is 0 Å². The van der Waals surface area contributed by atoms with Crippen LogP contribution in [0.4, 0.5) is 4.39 Å². The minimum absolute atomic E-state index is 0.192. The number of nitrogens with zero attached hydrogens (tertiary/aromatic N) is 1. The lowest BCUT2D eigenvalue weighted by atomic mass is 10.0. The number of rotatable bonds is 7. The predicted octanol–water partition coefficient (Wildman–Crippen LogP) is 2.64. The number of nitrogens with two attached hydrogens (primary N) is 1. The van der Waals surface area contributed by atoms with Crippen molar-refractivity contribution in [3.63, 3.8) is 0 Å². The highest BCUT2D eigenvalue weighted by molar-refractivity contribution is 5.30. The molecule has 0 saturated heterocycles. The minimum Gasteiger partial charge on any atom is -0.494 e. The number of ether oxygens (including phenoxy) is 1. The van der Waals surface area contributed by atoms with Crippen LogP contribution in [0.15, 0.2) is 18.2 Å². The fourth-order valence-corrected chi connectivity index (χ4v) is 1.91. The lowest BCUT2D eigenvalue weighted by molar-refractivity contribution is 0.290. The van der Waals surface area contributed by atoms with Gasteiger partial charge in [0.25, 0.3) is 0 Å². The van der Waals surface area contributed by atoms with Crippen LogP contribution >= 0.6 is 0 Å². The summed E-state index contributed by atoms with van der Waals surface area (Å²) in [7, 11) is 3.46. The zero-order chi connectivity index (χ0) is 14.4. The van der Waals surface area contributed by atoms with E-state index in [1.54, 1.807) is 12.1 Å². The number of methoxy groups -OCH3 is 1. The van der Waals surface area contributed by atoms with Crippen molar-refractivity contribution in [1.29, 1.82) is 0 Å². The standard InChI is InChI=1S/C15H25FN2O/c1-11(2)13(17)8-9-18(3)10-12-6-5-7-14(19-4)15(12)16/h5-7,11,13H,8-10,17H2,1-4H3. The van der Waals surface area contributed by atoms with Crippen LogP contribution in [0.1, 0.15) is 25.8 Å². The Morgan fingerprint density at radius 1 is 1.37 bits per heavy atom. The third-order valence-corrected chi connectivity index (χ3v) is 3.40.